The van der Waals surface area contributed by atoms with Gasteiger partial charge in [-0.05, 0) is 36.8 Å². The van der Waals surface area contributed by atoms with E-state index < -0.39 is 5.97 Å². The van der Waals surface area contributed by atoms with Gasteiger partial charge >= 0.3 is 5.97 Å². The molecule has 0 bridgehead atoms. The Kier molecular flexibility index (Phi) is 3.47. The largest absolute Gasteiger partial charge is 0.481 e. The van der Waals surface area contributed by atoms with Crippen molar-refractivity contribution in [2.75, 3.05) is 0 Å². The van der Waals surface area contributed by atoms with Crippen molar-refractivity contribution >= 4 is 17.0 Å². The number of carboxylic acid groups (broad SMARTS) is 1. The fourth-order valence-electron chi connectivity index (χ4n) is 2.44. The van der Waals surface area contributed by atoms with E-state index in [2.05, 4.69) is 4.98 Å². The van der Waals surface area contributed by atoms with Gasteiger partial charge in [0.1, 0.15) is 5.69 Å². The lowest BCUT2D eigenvalue weighted by Crippen LogP contribution is -2.22. The minimum Gasteiger partial charge on any atom is -0.481 e. The van der Waals surface area contributed by atoms with Gasteiger partial charge in [0, 0.05) is 5.69 Å². The number of nitrogens with zero attached hydrogens (tertiary/aromatic N) is 2. The van der Waals surface area contributed by atoms with Crippen LogP contribution >= 0.6 is 0 Å². The Morgan fingerprint density at radius 2 is 1.82 bits per heavy atom. The first-order valence-electron chi connectivity index (χ1n) is 6.86. The van der Waals surface area contributed by atoms with E-state index in [1.54, 1.807) is 35.8 Å². The molecule has 0 radical (unpaired) electrons. The zero-order chi connectivity index (χ0) is 15.7. The Morgan fingerprint density at radius 3 is 2.50 bits per heavy atom. The number of para-hydroxylation sites is 2. The molecule has 0 aliphatic heterocycles. The summed E-state index contributed by atoms with van der Waals surface area (Å²) in [4.78, 5) is 27.5. The van der Waals surface area contributed by atoms with Gasteiger partial charge in [0.15, 0.2) is 0 Å². The van der Waals surface area contributed by atoms with Crippen LogP contribution in [0.2, 0.25) is 0 Å². The third kappa shape index (κ3) is 2.48. The number of fused-ring (bicyclic) bond motifs is 1. The Balaban J connectivity index is 2.19. The van der Waals surface area contributed by atoms with Gasteiger partial charge in [0.25, 0.3) is 5.56 Å². The molecule has 0 fully saturated rings. The molecule has 0 amide bonds. The van der Waals surface area contributed by atoms with Gasteiger partial charge in [-0.15, -0.1) is 0 Å². The lowest BCUT2D eigenvalue weighted by Gasteiger charge is -2.11. The van der Waals surface area contributed by atoms with E-state index >= 15 is 0 Å². The third-order valence-corrected chi connectivity index (χ3v) is 3.47. The maximum absolute atomic E-state index is 12.5. The summed E-state index contributed by atoms with van der Waals surface area (Å²) in [6.45, 7) is 1.68. The molecule has 0 spiro atoms. The molecule has 2 aromatic carbocycles. The SMILES string of the molecule is Cc1nc2ccccc2n(-c2ccc(CC(=O)O)cc2)c1=O. The summed E-state index contributed by atoms with van der Waals surface area (Å²) >= 11 is 0. The van der Waals surface area contributed by atoms with E-state index in [9.17, 15) is 9.59 Å². The number of hydrogen-bond acceptors (Lipinski definition) is 3. The molecule has 1 heterocycles. The molecule has 5 heteroatoms. The summed E-state index contributed by atoms with van der Waals surface area (Å²) in [6.07, 6.45) is -0.0364. The predicted molar refractivity (Wildman–Crippen MR) is 83.4 cm³/mol. The summed E-state index contributed by atoms with van der Waals surface area (Å²) in [7, 11) is 0. The molecule has 5 nitrogen and oxygen atoms in total. The number of rotatable bonds is 3. The van der Waals surface area contributed by atoms with Crippen LogP contribution in [0.15, 0.2) is 53.3 Å². The highest BCUT2D eigenvalue weighted by Crippen LogP contribution is 2.16. The second kappa shape index (κ2) is 5.44. The summed E-state index contributed by atoms with van der Waals surface area (Å²) in [5.41, 5.74) is 3.11. The molecule has 1 aromatic heterocycles. The Morgan fingerprint density at radius 1 is 1.14 bits per heavy atom. The van der Waals surface area contributed by atoms with Gasteiger partial charge in [-0.1, -0.05) is 24.3 Å². The van der Waals surface area contributed by atoms with E-state index in [1.807, 2.05) is 24.3 Å². The molecule has 0 aliphatic rings. The second-order valence-corrected chi connectivity index (χ2v) is 5.06. The number of aryl methyl sites for hydroxylation is 1. The molecule has 0 aliphatic carbocycles. The maximum atomic E-state index is 12.5. The van der Waals surface area contributed by atoms with Gasteiger partial charge in [-0.3, -0.25) is 14.2 Å². The first-order valence-corrected chi connectivity index (χ1v) is 6.86. The molecular weight excluding hydrogens is 280 g/mol. The van der Waals surface area contributed by atoms with Crippen LogP contribution in [0.5, 0.6) is 0 Å². The number of aromatic nitrogens is 2. The highest BCUT2D eigenvalue weighted by molar-refractivity contribution is 5.76. The fraction of sp³-hybridized carbons (Fsp3) is 0.118. The molecule has 3 rings (SSSR count). The molecule has 0 saturated carbocycles. The number of aliphatic carboxylic acids is 1. The monoisotopic (exact) mass is 294 g/mol. The number of carbonyl (C=O) groups is 1. The quantitative estimate of drug-likeness (QED) is 0.804. The summed E-state index contributed by atoms with van der Waals surface area (Å²) in [6, 6.07) is 14.4. The van der Waals surface area contributed by atoms with Crippen molar-refractivity contribution in [2.24, 2.45) is 0 Å². The average Bonchev–Trinajstić information content (AvgIpc) is 2.49. The van der Waals surface area contributed by atoms with Gasteiger partial charge < -0.3 is 5.11 Å². The van der Waals surface area contributed by atoms with Crippen molar-refractivity contribution in [1.29, 1.82) is 0 Å². The third-order valence-electron chi connectivity index (χ3n) is 3.47. The normalized spacial score (nSPS) is 10.8. The lowest BCUT2D eigenvalue weighted by atomic mass is 10.1. The highest BCUT2D eigenvalue weighted by atomic mass is 16.4. The minimum absolute atomic E-state index is 0.0364. The lowest BCUT2D eigenvalue weighted by molar-refractivity contribution is -0.136. The van der Waals surface area contributed by atoms with Crippen LogP contribution in [-0.2, 0) is 11.2 Å². The van der Waals surface area contributed by atoms with Crippen LogP contribution in [0.25, 0.3) is 16.7 Å². The summed E-state index contributed by atoms with van der Waals surface area (Å²) < 4.78 is 1.60. The van der Waals surface area contributed by atoms with E-state index in [4.69, 9.17) is 5.11 Å². The Labute approximate surface area is 126 Å². The smallest absolute Gasteiger partial charge is 0.307 e. The van der Waals surface area contributed by atoms with Crippen molar-refractivity contribution in [3.8, 4) is 5.69 Å². The van der Waals surface area contributed by atoms with E-state index in [0.29, 0.717) is 16.9 Å². The minimum atomic E-state index is -0.880. The van der Waals surface area contributed by atoms with Gasteiger partial charge in [-0.25, -0.2) is 4.98 Å². The zero-order valence-corrected chi connectivity index (χ0v) is 12.0. The standard InChI is InChI=1S/C17H14N2O3/c1-11-17(22)19(15-5-3-2-4-14(15)18-11)13-8-6-12(7-9-13)10-16(20)21/h2-9H,10H2,1H3,(H,20,21). The van der Waals surface area contributed by atoms with Crippen LogP contribution in [-0.4, -0.2) is 20.6 Å². The zero-order valence-electron chi connectivity index (χ0n) is 12.0. The van der Waals surface area contributed by atoms with Crippen molar-refractivity contribution in [3.05, 3.63) is 70.1 Å². The predicted octanol–water partition coefficient (Wildman–Crippen LogP) is 2.32. The second-order valence-electron chi connectivity index (χ2n) is 5.06. The van der Waals surface area contributed by atoms with Crippen molar-refractivity contribution in [1.82, 2.24) is 9.55 Å². The molecule has 3 aromatic rings. The molecule has 1 N–H and O–H groups in total. The molecule has 22 heavy (non-hydrogen) atoms. The van der Waals surface area contributed by atoms with E-state index in [-0.39, 0.29) is 12.0 Å². The maximum Gasteiger partial charge on any atom is 0.307 e. The molecule has 0 atom stereocenters. The Hall–Kier alpha value is -2.95. The number of benzene rings is 2. The molecule has 110 valence electrons. The van der Waals surface area contributed by atoms with Crippen molar-refractivity contribution in [3.63, 3.8) is 0 Å². The number of carboxylic acids is 1. The van der Waals surface area contributed by atoms with Gasteiger partial charge in [0.2, 0.25) is 0 Å². The highest BCUT2D eigenvalue weighted by Gasteiger charge is 2.10. The first kappa shape index (κ1) is 14.0. The van der Waals surface area contributed by atoms with E-state index in [0.717, 1.165) is 11.0 Å². The molecular formula is C17H14N2O3. The average molecular weight is 294 g/mol. The van der Waals surface area contributed by atoms with Crippen LogP contribution < -0.4 is 5.56 Å². The van der Waals surface area contributed by atoms with Gasteiger partial charge in [-0.2, -0.15) is 0 Å². The van der Waals surface area contributed by atoms with Crippen LogP contribution in [0, 0.1) is 6.92 Å². The van der Waals surface area contributed by atoms with Crippen molar-refractivity contribution < 1.29 is 9.90 Å². The topological polar surface area (TPSA) is 72.2 Å². The Bertz CT molecular complexity index is 911. The summed E-state index contributed by atoms with van der Waals surface area (Å²) in [5, 5.41) is 8.81. The van der Waals surface area contributed by atoms with Gasteiger partial charge in [0.05, 0.1) is 17.5 Å². The van der Waals surface area contributed by atoms with Crippen LogP contribution in [0.3, 0.4) is 0 Å². The fourth-order valence-corrected chi connectivity index (χ4v) is 2.44. The summed E-state index contributed by atoms with van der Waals surface area (Å²) in [5.74, 6) is -0.880. The van der Waals surface area contributed by atoms with E-state index in [1.165, 1.54) is 0 Å². The van der Waals surface area contributed by atoms with Crippen molar-refractivity contribution in [2.45, 2.75) is 13.3 Å². The molecule has 0 saturated heterocycles. The van der Waals surface area contributed by atoms with Crippen LogP contribution in [0.1, 0.15) is 11.3 Å². The number of hydrogen-bond donors (Lipinski definition) is 1. The van der Waals surface area contributed by atoms with Crippen LogP contribution in [0.4, 0.5) is 0 Å². The first-order chi connectivity index (χ1) is 10.6. The molecule has 0 unspecified atom stereocenters.